The van der Waals surface area contributed by atoms with Crippen molar-refractivity contribution in [3.8, 4) is 11.6 Å². The van der Waals surface area contributed by atoms with Gasteiger partial charge in [-0.1, -0.05) is 12.1 Å². The molecule has 7 nitrogen and oxygen atoms in total. The zero-order valence-corrected chi connectivity index (χ0v) is 11.9. The first-order valence-corrected chi connectivity index (χ1v) is 6.76. The Bertz CT molecular complexity index is 732. The van der Waals surface area contributed by atoms with Crippen LogP contribution in [0, 0.1) is 0 Å². The number of fused-ring (bicyclic) bond motifs is 2. The van der Waals surface area contributed by atoms with E-state index in [4.69, 9.17) is 9.47 Å². The number of amides is 1. The zero-order valence-electron chi connectivity index (χ0n) is 11.9. The third kappa shape index (κ3) is 2.48. The molecule has 1 aromatic heterocycles. The van der Waals surface area contributed by atoms with Crippen LogP contribution in [0.2, 0.25) is 0 Å². The van der Waals surface area contributed by atoms with Crippen LogP contribution in [0.4, 0.5) is 5.69 Å². The summed E-state index contributed by atoms with van der Waals surface area (Å²) in [7, 11) is 0. The lowest BCUT2D eigenvalue weighted by Crippen LogP contribution is -2.36. The average Bonchev–Trinajstić information content (AvgIpc) is 2.64. The maximum absolute atomic E-state index is 12.7. The molecule has 22 heavy (non-hydrogen) atoms. The largest absolute Gasteiger partial charge is 0.465 e. The summed E-state index contributed by atoms with van der Waals surface area (Å²) >= 11 is 0. The SMILES string of the molecule is CCOC(=O)CN1C(=O)c2ccnnc2Oc2ccccc21. The molecule has 3 rings (SSSR count). The van der Waals surface area contributed by atoms with Crippen molar-refractivity contribution >= 4 is 17.6 Å². The first-order chi connectivity index (χ1) is 10.7. The third-order valence-corrected chi connectivity index (χ3v) is 3.12. The van der Waals surface area contributed by atoms with Crippen molar-refractivity contribution in [3.05, 3.63) is 42.1 Å². The Kier molecular flexibility index (Phi) is 3.69. The lowest BCUT2D eigenvalue weighted by atomic mass is 10.2. The maximum Gasteiger partial charge on any atom is 0.326 e. The second-order valence-electron chi connectivity index (χ2n) is 4.52. The van der Waals surface area contributed by atoms with Gasteiger partial charge in [0, 0.05) is 0 Å². The summed E-state index contributed by atoms with van der Waals surface area (Å²) in [5.41, 5.74) is 0.731. The Hall–Kier alpha value is -2.96. The van der Waals surface area contributed by atoms with Crippen LogP contribution in [0.25, 0.3) is 0 Å². The lowest BCUT2D eigenvalue weighted by molar-refractivity contribution is -0.141. The number of carbonyl (C=O) groups is 2. The fourth-order valence-electron chi connectivity index (χ4n) is 2.18. The smallest absolute Gasteiger partial charge is 0.326 e. The standard InChI is InChI=1S/C15H13N3O4/c1-2-21-13(19)9-18-11-5-3-4-6-12(11)22-14-10(15(18)20)7-8-16-17-14/h3-8H,2,9H2,1H3. The van der Waals surface area contributed by atoms with Crippen LogP contribution in [-0.4, -0.2) is 35.2 Å². The van der Waals surface area contributed by atoms with Gasteiger partial charge in [0.2, 0.25) is 0 Å². The third-order valence-electron chi connectivity index (χ3n) is 3.12. The van der Waals surface area contributed by atoms with E-state index in [9.17, 15) is 9.59 Å². The van der Waals surface area contributed by atoms with Crippen molar-refractivity contribution < 1.29 is 19.1 Å². The van der Waals surface area contributed by atoms with E-state index in [2.05, 4.69) is 10.2 Å². The molecule has 0 bridgehead atoms. The number of para-hydroxylation sites is 2. The van der Waals surface area contributed by atoms with Crippen LogP contribution < -0.4 is 9.64 Å². The maximum atomic E-state index is 12.7. The summed E-state index contributed by atoms with van der Waals surface area (Å²) in [6, 6.07) is 8.44. The first kappa shape index (κ1) is 14.0. The average molecular weight is 299 g/mol. The molecule has 0 radical (unpaired) electrons. The van der Waals surface area contributed by atoms with E-state index < -0.39 is 5.97 Å². The van der Waals surface area contributed by atoms with E-state index in [1.807, 2.05) is 0 Å². The highest BCUT2D eigenvalue weighted by atomic mass is 16.5. The number of aromatic nitrogens is 2. The quantitative estimate of drug-likeness (QED) is 0.804. The normalized spacial score (nSPS) is 12.8. The van der Waals surface area contributed by atoms with E-state index in [1.165, 1.54) is 17.2 Å². The lowest BCUT2D eigenvalue weighted by Gasteiger charge is -2.20. The summed E-state index contributed by atoms with van der Waals surface area (Å²) in [5.74, 6) is -0.329. The van der Waals surface area contributed by atoms with Crippen LogP contribution in [-0.2, 0) is 9.53 Å². The summed E-state index contributed by atoms with van der Waals surface area (Å²) in [5, 5.41) is 7.57. The van der Waals surface area contributed by atoms with Crippen LogP contribution in [0.15, 0.2) is 36.5 Å². The molecule has 1 amide bonds. The number of esters is 1. The Balaban J connectivity index is 2.07. The van der Waals surface area contributed by atoms with E-state index in [1.54, 1.807) is 31.2 Å². The molecule has 0 unspecified atom stereocenters. The number of carbonyl (C=O) groups excluding carboxylic acids is 2. The van der Waals surface area contributed by atoms with Crippen LogP contribution in [0.1, 0.15) is 17.3 Å². The van der Waals surface area contributed by atoms with Crippen molar-refractivity contribution in [1.82, 2.24) is 10.2 Å². The van der Waals surface area contributed by atoms with Crippen LogP contribution in [0.5, 0.6) is 11.6 Å². The molecule has 2 aromatic rings. The highest BCUT2D eigenvalue weighted by Gasteiger charge is 2.30. The topological polar surface area (TPSA) is 81.6 Å². The number of anilines is 1. The van der Waals surface area contributed by atoms with Gasteiger partial charge in [0.15, 0.2) is 5.75 Å². The van der Waals surface area contributed by atoms with Crippen molar-refractivity contribution in [1.29, 1.82) is 0 Å². The predicted molar refractivity (Wildman–Crippen MR) is 76.9 cm³/mol. The van der Waals surface area contributed by atoms with Gasteiger partial charge in [0.25, 0.3) is 11.8 Å². The number of hydrogen-bond donors (Lipinski definition) is 0. The number of nitrogens with zero attached hydrogens (tertiary/aromatic N) is 3. The monoisotopic (exact) mass is 299 g/mol. The van der Waals surface area contributed by atoms with E-state index in [-0.39, 0.29) is 30.5 Å². The van der Waals surface area contributed by atoms with Crippen molar-refractivity contribution in [2.75, 3.05) is 18.1 Å². The van der Waals surface area contributed by atoms with Crippen molar-refractivity contribution in [2.45, 2.75) is 6.92 Å². The van der Waals surface area contributed by atoms with Gasteiger partial charge >= 0.3 is 5.97 Å². The minimum Gasteiger partial charge on any atom is -0.465 e. The number of rotatable bonds is 3. The van der Waals surface area contributed by atoms with Gasteiger partial charge in [0.05, 0.1) is 18.5 Å². The van der Waals surface area contributed by atoms with Gasteiger partial charge in [-0.3, -0.25) is 14.5 Å². The molecule has 1 aliphatic heterocycles. The number of ether oxygens (including phenoxy) is 2. The minimum absolute atomic E-state index is 0.117. The summed E-state index contributed by atoms with van der Waals surface area (Å²) in [4.78, 5) is 25.8. The molecule has 0 saturated carbocycles. The van der Waals surface area contributed by atoms with Crippen molar-refractivity contribution in [3.63, 3.8) is 0 Å². The molecule has 2 heterocycles. The summed E-state index contributed by atoms with van der Waals surface area (Å²) < 4.78 is 10.6. The summed E-state index contributed by atoms with van der Waals surface area (Å²) in [6.07, 6.45) is 1.40. The first-order valence-electron chi connectivity index (χ1n) is 6.76. The van der Waals surface area contributed by atoms with Crippen LogP contribution in [0.3, 0.4) is 0 Å². The molecule has 0 saturated heterocycles. The fraction of sp³-hybridized carbons (Fsp3) is 0.200. The second kappa shape index (κ2) is 5.80. The highest BCUT2D eigenvalue weighted by molar-refractivity contribution is 6.11. The highest BCUT2D eigenvalue weighted by Crippen LogP contribution is 2.37. The van der Waals surface area contributed by atoms with Gasteiger partial charge in [-0.15, -0.1) is 5.10 Å². The fourth-order valence-corrected chi connectivity index (χ4v) is 2.18. The Labute approximate surface area is 126 Å². The molecular weight excluding hydrogens is 286 g/mol. The number of hydrogen-bond acceptors (Lipinski definition) is 6. The Morgan fingerprint density at radius 3 is 2.95 bits per heavy atom. The molecule has 0 spiro atoms. The van der Waals surface area contributed by atoms with Gasteiger partial charge in [-0.05, 0) is 25.1 Å². The van der Waals surface area contributed by atoms with Gasteiger partial charge < -0.3 is 9.47 Å². The van der Waals surface area contributed by atoms with Crippen molar-refractivity contribution in [2.24, 2.45) is 0 Å². The number of benzene rings is 1. The molecule has 7 heteroatoms. The van der Waals surface area contributed by atoms with E-state index in [0.717, 1.165) is 0 Å². The predicted octanol–water partition coefficient (Wildman–Crippen LogP) is 1.79. The van der Waals surface area contributed by atoms with Gasteiger partial charge in [-0.25, -0.2) is 0 Å². The van der Waals surface area contributed by atoms with E-state index >= 15 is 0 Å². The molecule has 0 atom stereocenters. The molecule has 0 N–H and O–H groups in total. The molecule has 1 aromatic carbocycles. The van der Waals surface area contributed by atoms with Gasteiger partial charge in [-0.2, -0.15) is 5.10 Å². The minimum atomic E-state index is -0.490. The Morgan fingerprint density at radius 1 is 1.32 bits per heavy atom. The second-order valence-corrected chi connectivity index (χ2v) is 4.52. The molecule has 112 valence electrons. The van der Waals surface area contributed by atoms with Gasteiger partial charge in [0.1, 0.15) is 12.1 Å². The molecular formula is C15H13N3O4. The Morgan fingerprint density at radius 2 is 2.14 bits per heavy atom. The van der Waals surface area contributed by atoms with Crippen LogP contribution >= 0.6 is 0 Å². The molecule has 0 aliphatic carbocycles. The van der Waals surface area contributed by atoms with E-state index in [0.29, 0.717) is 11.4 Å². The molecule has 1 aliphatic rings. The molecule has 0 fully saturated rings. The summed E-state index contributed by atoms with van der Waals surface area (Å²) in [6.45, 7) is 1.76. The zero-order chi connectivity index (χ0) is 15.5.